The number of morpholine rings is 1. The van der Waals surface area contributed by atoms with Crippen LogP contribution in [0.3, 0.4) is 0 Å². The topological polar surface area (TPSA) is 98.7 Å². The molecule has 0 aliphatic carbocycles. The van der Waals surface area contributed by atoms with Gasteiger partial charge in [0.05, 0.1) is 25.3 Å². The molecule has 0 spiro atoms. The number of aryl methyl sites for hydroxylation is 2. The van der Waals surface area contributed by atoms with Crippen LogP contribution in [-0.4, -0.2) is 47.7 Å². The second-order valence-corrected chi connectivity index (χ2v) is 5.00. The predicted octanol–water partition coefficient (Wildman–Crippen LogP) is 0.0546. The van der Waals surface area contributed by atoms with E-state index in [-0.39, 0.29) is 18.9 Å². The maximum Gasteiger partial charge on any atom is 0.242 e. The monoisotopic (exact) mass is 295 g/mol. The molecule has 1 aliphatic rings. The highest BCUT2D eigenvalue weighted by molar-refractivity contribution is 5.88. The molecule has 1 unspecified atom stereocenters. The lowest BCUT2D eigenvalue weighted by molar-refractivity contribution is -0.146. The summed E-state index contributed by atoms with van der Waals surface area (Å²) in [5, 5.41) is 4.00. The molecule has 21 heavy (non-hydrogen) atoms. The Morgan fingerprint density at radius 2 is 2.14 bits per heavy atom. The van der Waals surface area contributed by atoms with Crippen LogP contribution in [0, 0.1) is 0 Å². The summed E-state index contributed by atoms with van der Waals surface area (Å²) in [4.78, 5) is 25.4. The Bertz CT molecular complexity index is 505. The van der Waals surface area contributed by atoms with Gasteiger partial charge >= 0.3 is 0 Å². The highest BCUT2D eigenvalue weighted by atomic mass is 16.5. The first kappa shape index (κ1) is 15.5. The molecule has 0 radical (unpaired) electrons. The molecule has 2 heterocycles. The summed E-state index contributed by atoms with van der Waals surface area (Å²) in [7, 11) is 0. The first-order valence-electron chi connectivity index (χ1n) is 7.21. The fourth-order valence-corrected chi connectivity index (χ4v) is 2.53. The number of primary amides is 1. The summed E-state index contributed by atoms with van der Waals surface area (Å²) in [5.74, 6) is 0.0404. The number of nitrogens with zero attached hydrogens (tertiary/aromatic N) is 2. The van der Waals surface area contributed by atoms with Gasteiger partial charge in [0.15, 0.2) is 0 Å². The molecular weight excluding hydrogens is 274 g/mol. The van der Waals surface area contributed by atoms with E-state index in [1.54, 1.807) is 0 Å². The van der Waals surface area contributed by atoms with Gasteiger partial charge in [0.2, 0.25) is 11.8 Å². The van der Waals surface area contributed by atoms with E-state index >= 15 is 0 Å². The average molecular weight is 295 g/mol. The van der Waals surface area contributed by atoms with Crippen LogP contribution in [-0.2, 0) is 33.6 Å². The molecule has 2 amide bonds. The van der Waals surface area contributed by atoms with Gasteiger partial charge in [-0.3, -0.25) is 9.59 Å². The summed E-state index contributed by atoms with van der Waals surface area (Å²) in [5.41, 5.74) is 6.97. The van der Waals surface area contributed by atoms with Crippen LogP contribution in [0.5, 0.6) is 0 Å². The van der Waals surface area contributed by atoms with Crippen LogP contribution in [0.2, 0.25) is 0 Å². The van der Waals surface area contributed by atoms with Crippen LogP contribution in [0.15, 0.2) is 4.52 Å². The van der Waals surface area contributed by atoms with E-state index in [1.807, 2.05) is 13.8 Å². The molecule has 2 N–H and O–H groups in total. The molecule has 116 valence electrons. The summed E-state index contributed by atoms with van der Waals surface area (Å²) < 4.78 is 10.5. The maximum atomic E-state index is 12.5. The number of hydrogen-bond acceptors (Lipinski definition) is 5. The van der Waals surface area contributed by atoms with Crippen molar-refractivity contribution in [2.75, 3.05) is 19.8 Å². The lowest BCUT2D eigenvalue weighted by Gasteiger charge is -2.33. The van der Waals surface area contributed by atoms with Crippen LogP contribution in [0.4, 0.5) is 0 Å². The normalized spacial score (nSPS) is 18.8. The lowest BCUT2D eigenvalue weighted by Crippen LogP contribution is -2.55. The minimum absolute atomic E-state index is 0.144. The van der Waals surface area contributed by atoms with Gasteiger partial charge < -0.3 is 19.9 Å². The second kappa shape index (κ2) is 6.71. The molecule has 1 aliphatic heterocycles. The van der Waals surface area contributed by atoms with Gasteiger partial charge in [0.25, 0.3) is 0 Å². The van der Waals surface area contributed by atoms with E-state index in [1.165, 1.54) is 4.90 Å². The molecule has 7 nitrogen and oxygen atoms in total. The van der Waals surface area contributed by atoms with Crippen molar-refractivity contribution in [1.82, 2.24) is 10.1 Å². The molecule has 2 rings (SSSR count). The molecule has 1 fully saturated rings. The van der Waals surface area contributed by atoms with Gasteiger partial charge in [-0.15, -0.1) is 0 Å². The van der Waals surface area contributed by atoms with E-state index in [0.29, 0.717) is 26.0 Å². The summed E-state index contributed by atoms with van der Waals surface area (Å²) >= 11 is 0. The zero-order valence-corrected chi connectivity index (χ0v) is 12.4. The zero-order valence-electron chi connectivity index (χ0n) is 12.4. The Morgan fingerprint density at radius 3 is 2.76 bits per heavy atom. The Morgan fingerprint density at radius 1 is 1.38 bits per heavy atom. The highest BCUT2D eigenvalue weighted by Gasteiger charge is 2.32. The highest BCUT2D eigenvalue weighted by Crippen LogP contribution is 2.18. The maximum absolute atomic E-state index is 12.5. The Hall–Kier alpha value is -1.89. The quantitative estimate of drug-likeness (QED) is 0.828. The largest absolute Gasteiger partial charge is 0.377 e. The minimum Gasteiger partial charge on any atom is -0.377 e. The average Bonchev–Trinajstić information content (AvgIpc) is 2.88. The van der Waals surface area contributed by atoms with Gasteiger partial charge in [-0.2, -0.15) is 0 Å². The Kier molecular flexibility index (Phi) is 4.95. The molecular formula is C14H21N3O4. The fraction of sp³-hybridized carbons (Fsp3) is 0.643. The summed E-state index contributed by atoms with van der Waals surface area (Å²) in [6.07, 6.45) is 1.56. The first-order valence-corrected chi connectivity index (χ1v) is 7.21. The van der Waals surface area contributed by atoms with Gasteiger partial charge in [-0.1, -0.05) is 19.0 Å². The van der Waals surface area contributed by atoms with Crippen molar-refractivity contribution in [3.8, 4) is 0 Å². The number of ether oxygens (including phenoxy) is 1. The second-order valence-electron chi connectivity index (χ2n) is 5.00. The van der Waals surface area contributed by atoms with Crippen molar-refractivity contribution in [3.63, 3.8) is 0 Å². The van der Waals surface area contributed by atoms with Crippen molar-refractivity contribution in [2.24, 2.45) is 5.73 Å². The first-order chi connectivity index (χ1) is 10.1. The number of carbonyl (C=O) groups is 2. The molecule has 1 saturated heterocycles. The van der Waals surface area contributed by atoms with E-state index in [9.17, 15) is 9.59 Å². The van der Waals surface area contributed by atoms with Crippen molar-refractivity contribution in [1.29, 1.82) is 0 Å². The molecule has 1 atom stereocenters. The van der Waals surface area contributed by atoms with Crippen LogP contribution in [0.25, 0.3) is 0 Å². The Balaban J connectivity index is 2.16. The van der Waals surface area contributed by atoms with Gasteiger partial charge in [-0.05, 0) is 6.42 Å². The van der Waals surface area contributed by atoms with Crippen molar-refractivity contribution in [3.05, 3.63) is 17.0 Å². The number of hydrogen-bond donors (Lipinski definition) is 1. The SMILES string of the molecule is CCc1noc(CC)c1CC(=O)N1CCOCC1C(N)=O. The smallest absolute Gasteiger partial charge is 0.242 e. The molecule has 1 aromatic heterocycles. The standard InChI is InChI=1S/C14H21N3O4/c1-3-10-9(12(4-2)21-16-10)7-13(18)17-5-6-20-8-11(17)14(15)19/h11H,3-8H2,1-2H3,(H2,15,19). The lowest BCUT2D eigenvalue weighted by atomic mass is 10.0. The minimum atomic E-state index is -0.693. The van der Waals surface area contributed by atoms with Gasteiger partial charge in [-0.25, -0.2) is 0 Å². The van der Waals surface area contributed by atoms with Crippen molar-refractivity contribution < 1.29 is 18.8 Å². The fourth-order valence-electron chi connectivity index (χ4n) is 2.53. The molecule has 0 aromatic carbocycles. The zero-order chi connectivity index (χ0) is 15.4. The van der Waals surface area contributed by atoms with Crippen molar-refractivity contribution in [2.45, 2.75) is 39.2 Å². The third-order valence-corrected chi connectivity index (χ3v) is 3.71. The van der Waals surface area contributed by atoms with E-state index < -0.39 is 11.9 Å². The molecule has 0 saturated carbocycles. The molecule has 0 bridgehead atoms. The van der Waals surface area contributed by atoms with E-state index in [2.05, 4.69) is 5.16 Å². The van der Waals surface area contributed by atoms with Crippen LogP contribution < -0.4 is 5.73 Å². The summed E-state index contributed by atoms with van der Waals surface area (Å²) in [6.45, 7) is 4.87. The van der Waals surface area contributed by atoms with E-state index in [4.69, 9.17) is 15.0 Å². The van der Waals surface area contributed by atoms with Crippen molar-refractivity contribution >= 4 is 11.8 Å². The third-order valence-electron chi connectivity index (χ3n) is 3.71. The van der Waals surface area contributed by atoms with Crippen LogP contribution in [0.1, 0.15) is 30.9 Å². The summed E-state index contributed by atoms with van der Waals surface area (Å²) in [6, 6.07) is -0.693. The number of amides is 2. The number of carbonyl (C=O) groups excluding carboxylic acids is 2. The van der Waals surface area contributed by atoms with Crippen LogP contribution >= 0.6 is 0 Å². The Labute approximate surface area is 123 Å². The predicted molar refractivity (Wildman–Crippen MR) is 74.5 cm³/mol. The van der Waals surface area contributed by atoms with E-state index in [0.717, 1.165) is 17.0 Å². The number of nitrogens with two attached hydrogens (primary N) is 1. The van der Waals surface area contributed by atoms with Gasteiger partial charge in [0.1, 0.15) is 11.8 Å². The number of rotatable bonds is 5. The molecule has 1 aromatic rings. The third kappa shape index (κ3) is 3.24. The molecule has 7 heteroatoms. The number of aromatic nitrogens is 1. The van der Waals surface area contributed by atoms with Gasteiger partial charge in [0, 0.05) is 18.5 Å².